The Morgan fingerprint density at radius 1 is 1.11 bits per heavy atom. The van der Waals surface area contributed by atoms with E-state index < -0.39 is 5.54 Å². The van der Waals surface area contributed by atoms with E-state index in [-0.39, 0.29) is 22.8 Å². The van der Waals surface area contributed by atoms with Crippen LogP contribution in [0.15, 0.2) is 46.4 Å². The Balaban J connectivity index is 1.55. The van der Waals surface area contributed by atoms with Crippen LogP contribution >= 0.6 is 11.6 Å². The van der Waals surface area contributed by atoms with E-state index in [1.807, 2.05) is 6.07 Å². The second-order valence-corrected chi connectivity index (χ2v) is 11.9. The first-order valence-electron chi connectivity index (χ1n) is 12.5. The highest BCUT2D eigenvalue weighted by molar-refractivity contribution is 6.30. The average Bonchev–Trinajstić information content (AvgIpc) is 3.24. The number of nitrogens with zero attached hydrogens (tertiary/aromatic N) is 3. The van der Waals surface area contributed by atoms with Crippen LogP contribution in [0.25, 0.3) is 11.1 Å². The molecule has 2 aliphatic heterocycles. The molecule has 2 N–H and O–H groups in total. The first kappa shape index (κ1) is 23.0. The van der Waals surface area contributed by atoms with Crippen molar-refractivity contribution in [1.29, 1.82) is 0 Å². The molecule has 184 valence electrons. The van der Waals surface area contributed by atoms with Crippen LogP contribution < -0.4 is 5.73 Å². The molecule has 6 rings (SSSR count). The van der Waals surface area contributed by atoms with Gasteiger partial charge in [0.1, 0.15) is 11.7 Å². The maximum absolute atomic E-state index is 14.2. The van der Waals surface area contributed by atoms with Gasteiger partial charge in [-0.2, -0.15) is 0 Å². The molecule has 1 unspecified atom stereocenters. The second kappa shape index (κ2) is 7.78. The molecule has 2 aliphatic carbocycles. The maximum Gasteiger partial charge on any atom is 0.198 e. The number of nitrogens with two attached hydrogens (primary N) is 1. The molecule has 2 aromatic carbocycles. The van der Waals surface area contributed by atoms with Gasteiger partial charge in [0.15, 0.2) is 11.5 Å². The standard InChI is InChI=1S/C28H32ClFN4O/c1-26(2)15-32-24-28(33-25(31)34(24)16-26)23-12-17(19-10-20(29)13-21(30)11-19)4-5-18(23)14-27(28)8-6-22(35-3)7-9-27/h4-5,10-13,22H,6-9,14-16H2,1-3H3,(H2,31,33). The van der Waals surface area contributed by atoms with E-state index in [9.17, 15) is 4.39 Å². The number of rotatable bonds is 2. The average molecular weight is 495 g/mol. The van der Waals surface area contributed by atoms with Gasteiger partial charge in [-0.1, -0.05) is 37.6 Å². The van der Waals surface area contributed by atoms with Crippen LogP contribution in [-0.4, -0.2) is 43.0 Å². The molecule has 7 heteroatoms. The van der Waals surface area contributed by atoms with Gasteiger partial charge in [-0.3, -0.25) is 9.89 Å². The van der Waals surface area contributed by atoms with Crippen LogP contribution in [0.1, 0.15) is 50.7 Å². The molecule has 1 atom stereocenters. The van der Waals surface area contributed by atoms with E-state index in [4.69, 9.17) is 32.1 Å². The lowest BCUT2D eigenvalue weighted by atomic mass is 9.61. The molecule has 5 nitrogen and oxygen atoms in total. The quantitative estimate of drug-likeness (QED) is 0.596. The molecule has 0 bridgehead atoms. The molecule has 1 fully saturated rings. The lowest BCUT2D eigenvalue weighted by Crippen LogP contribution is -2.56. The van der Waals surface area contributed by atoms with Gasteiger partial charge >= 0.3 is 0 Å². The van der Waals surface area contributed by atoms with E-state index in [1.54, 1.807) is 7.11 Å². The summed E-state index contributed by atoms with van der Waals surface area (Å²) in [7, 11) is 1.80. The highest BCUT2D eigenvalue weighted by atomic mass is 35.5. The van der Waals surface area contributed by atoms with E-state index in [0.29, 0.717) is 11.0 Å². The molecule has 0 aromatic heterocycles. The summed E-state index contributed by atoms with van der Waals surface area (Å²) in [6.07, 6.45) is 5.18. The first-order chi connectivity index (χ1) is 16.7. The number of benzene rings is 2. The lowest BCUT2D eigenvalue weighted by Gasteiger charge is -2.48. The minimum atomic E-state index is -0.630. The normalized spacial score (nSPS) is 30.9. The molecule has 0 amide bonds. The lowest BCUT2D eigenvalue weighted by molar-refractivity contribution is 0.0110. The summed E-state index contributed by atoms with van der Waals surface area (Å²) >= 11 is 6.20. The predicted octanol–water partition coefficient (Wildman–Crippen LogP) is 5.54. The Morgan fingerprint density at radius 3 is 2.60 bits per heavy atom. The molecule has 2 aromatic rings. The summed E-state index contributed by atoms with van der Waals surface area (Å²) in [6.45, 7) is 5.99. The van der Waals surface area contributed by atoms with Crippen molar-refractivity contribution in [1.82, 2.24) is 4.90 Å². The van der Waals surface area contributed by atoms with Crippen LogP contribution in [0, 0.1) is 16.6 Å². The Morgan fingerprint density at radius 2 is 1.89 bits per heavy atom. The number of ether oxygens (including phenoxy) is 1. The zero-order valence-corrected chi connectivity index (χ0v) is 21.3. The van der Waals surface area contributed by atoms with E-state index >= 15 is 0 Å². The molecule has 2 spiro atoms. The van der Waals surface area contributed by atoms with Gasteiger partial charge in [-0.25, -0.2) is 9.38 Å². The molecule has 1 saturated carbocycles. The van der Waals surface area contributed by atoms with E-state index in [0.717, 1.165) is 67.7 Å². The number of amidine groups is 1. The molecular formula is C28H32ClFN4O. The van der Waals surface area contributed by atoms with E-state index in [1.165, 1.54) is 17.7 Å². The van der Waals surface area contributed by atoms with Gasteiger partial charge in [0.25, 0.3) is 0 Å². The predicted molar refractivity (Wildman–Crippen MR) is 138 cm³/mol. The number of methoxy groups -OCH3 is 1. The van der Waals surface area contributed by atoms with Crippen molar-refractivity contribution < 1.29 is 9.13 Å². The third kappa shape index (κ3) is 3.36. The fourth-order valence-corrected chi connectivity index (χ4v) is 7.13. The highest BCUT2D eigenvalue weighted by Gasteiger charge is 2.66. The van der Waals surface area contributed by atoms with Crippen LogP contribution in [-0.2, 0) is 16.7 Å². The molecule has 4 aliphatic rings. The molecular weight excluding hydrogens is 463 g/mol. The Hall–Kier alpha value is -2.44. The number of fused-ring (bicyclic) bond motifs is 5. The SMILES string of the molecule is COC1CCC2(CC1)Cc1ccc(-c3cc(F)cc(Cl)c3)cc1C21N=C(N)N2CC(C)(C)CN=C21. The van der Waals surface area contributed by atoms with Crippen molar-refractivity contribution in [3.63, 3.8) is 0 Å². The summed E-state index contributed by atoms with van der Waals surface area (Å²) in [4.78, 5) is 12.6. The van der Waals surface area contributed by atoms with Crippen molar-refractivity contribution in [2.45, 2.75) is 57.6 Å². The van der Waals surface area contributed by atoms with Crippen LogP contribution in [0.4, 0.5) is 4.39 Å². The van der Waals surface area contributed by atoms with E-state index in [2.05, 4.69) is 36.9 Å². The maximum atomic E-state index is 14.2. The Kier molecular flexibility index (Phi) is 5.11. The van der Waals surface area contributed by atoms with Crippen molar-refractivity contribution >= 4 is 23.4 Å². The van der Waals surface area contributed by atoms with Crippen LogP contribution in [0.3, 0.4) is 0 Å². The van der Waals surface area contributed by atoms with Crippen molar-refractivity contribution in [3.05, 3.63) is 58.4 Å². The zero-order valence-electron chi connectivity index (χ0n) is 20.6. The highest BCUT2D eigenvalue weighted by Crippen LogP contribution is 2.63. The van der Waals surface area contributed by atoms with Gasteiger partial charge in [-0.05, 0) is 78.6 Å². The summed E-state index contributed by atoms with van der Waals surface area (Å²) in [5.41, 5.74) is 10.1. The second-order valence-electron chi connectivity index (χ2n) is 11.5. The van der Waals surface area contributed by atoms with Crippen molar-refractivity contribution in [3.8, 4) is 11.1 Å². The number of hydrogen-bond donors (Lipinski definition) is 1. The first-order valence-corrected chi connectivity index (χ1v) is 12.8. The molecule has 35 heavy (non-hydrogen) atoms. The summed E-state index contributed by atoms with van der Waals surface area (Å²) in [5.74, 6) is 1.19. The number of guanidine groups is 1. The third-order valence-corrected chi connectivity index (χ3v) is 8.81. The topological polar surface area (TPSA) is 63.2 Å². The fourth-order valence-electron chi connectivity index (χ4n) is 6.91. The summed E-state index contributed by atoms with van der Waals surface area (Å²) in [5, 5.41) is 0.387. The summed E-state index contributed by atoms with van der Waals surface area (Å²) < 4.78 is 20.0. The minimum absolute atomic E-state index is 0.0254. The van der Waals surface area contributed by atoms with Gasteiger partial charge in [0.05, 0.1) is 6.10 Å². The number of hydrogen-bond acceptors (Lipinski definition) is 5. The molecule has 2 heterocycles. The Labute approximate surface area is 211 Å². The minimum Gasteiger partial charge on any atom is -0.381 e. The van der Waals surface area contributed by atoms with Gasteiger partial charge in [0.2, 0.25) is 0 Å². The van der Waals surface area contributed by atoms with Crippen LogP contribution in [0.2, 0.25) is 5.02 Å². The smallest absolute Gasteiger partial charge is 0.198 e. The third-order valence-electron chi connectivity index (χ3n) is 8.60. The van der Waals surface area contributed by atoms with Crippen molar-refractivity contribution in [2.75, 3.05) is 20.2 Å². The number of halogens is 2. The van der Waals surface area contributed by atoms with Crippen molar-refractivity contribution in [2.24, 2.45) is 26.5 Å². The van der Waals surface area contributed by atoms with Crippen LogP contribution in [0.5, 0.6) is 0 Å². The molecule has 0 saturated heterocycles. The monoisotopic (exact) mass is 494 g/mol. The largest absolute Gasteiger partial charge is 0.381 e. The van der Waals surface area contributed by atoms with Gasteiger partial charge in [-0.15, -0.1) is 0 Å². The van der Waals surface area contributed by atoms with Gasteiger partial charge < -0.3 is 10.5 Å². The fraction of sp³-hybridized carbons (Fsp3) is 0.500. The zero-order chi connectivity index (χ0) is 24.6. The number of aliphatic imine (C=N–C) groups is 2. The molecule has 0 radical (unpaired) electrons. The Bertz CT molecular complexity index is 1240. The summed E-state index contributed by atoms with van der Waals surface area (Å²) in [6, 6.07) is 11.1. The van der Waals surface area contributed by atoms with Gasteiger partial charge in [0, 0.05) is 36.1 Å².